The number of sulfonamides is 1. The van der Waals surface area contributed by atoms with Crippen molar-refractivity contribution in [3.8, 4) is 0 Å². The van der Waals surface area contributed by atoms with Crippen LogP contribution in [-0.4, -0.2) is 43.9 Å². The molecule has 0 amide bonds. The molecular formula is C12H18FN3O2S. The van der Waals surface area contributed by atoms with Crippen molar-refractivity contribution >= 4 is 10.0 Å². The van der Waals surface area contributed by atoms with E-state index in [-0.39, 0.29) is 6.04 Å². The molecule has 1 aliphatic rings. The lowest BCUT2D eigenvalue weighted by Gasteiger charge is -2.34. The molecule has 2 heterocycles. The summed E-state index contributed by atoms with van der Waals surface area (Å²) < 4.78 is 40.0. The fraction of sp³-hybridized carbons (Fsp3) is 0.583. The van der Waals surface area contributed by atoms with Crippen LogP contribution in [-0.2, 0) is 10.0 Å². The summed E-state index contributed by atoms with van der Waals surface area (Å²) in [6.45, 7) is 0.985. The summed E-state index contributed by atoms with van der Waals surface area (Å²) in [5.41, 5.74) is 0. The van der Waals surface area contributed by atoms with E-state index in [1.807, 2.05) is 0 Å². The Balaban J connectivity index is 2.35. The number of halogens is 1. The van der Waals surface area contributed by atoms with Crippen molar-refractivity contribution in [1.29, 1.82) is 0 Å². The molecule has 0 bridgehead atoms. The minimum Gasteiger partial charge on any atom is -0.318 e. The van der Waals surface area contributed by atoms with Crippen LogP contribution in [0.2, 0.25) is 0 Å². The predicted molar refractivity (Wildman–Crippen MR) is 69.7 cm³/mol. The molecule has 5 nitrogen and oxygen atoms in total. The number of aromatic nitrogens is 1. The van der Waals surface area contributed by atoms with Crippen LogP contribution in [0.3, 0.4) is 0 Å². The molecule has 0 aromatic carbocycles. The van der Waals surface area contributed by atoms with Crippen molar-refractivity contribution in [2.75, 3.05) is 20.1 Å². The van der Waals surface area contributed by atoms with E-state index in [0.29, 0.717) is 13.1 Å². The summed E-state index contributed by atoms with van der Waals surface area (Å²) in [4.78, 5) is 3.69. The van der Waals surface area contributed by atoms with Gasteiger partial charge in [-0.3, -0.25) is 0 Å². The Labute approximate surface area is 112 Å². The summed E-state index contributed by atoms with van der Waals surface area (Å²) >= 11 is 0. The maximum atomic E-state index is 13.7. The van der Waals surface area contributed by atoms with E-state index < -0.39 is 20.9 Å². The van der Waals surface area contributed by atoms with Crippen LogP contribution in [0.5, 0.6) is 0 Å². The number of piperidine rings is 1. The molecule has 19 heavy (non-hydrogen) atoms. The number of pyridine rings is 1. The van der Waals surface area contributed by atoms with Gasteiger partial charge in [-0.25, -0.2) is 17.8 Å². The molecule has 1 aromatic heterocycles. The zero-order valence-corrected chi connectivity index (χ0v) is 11.7. The minimum atomic E-state index is -3.86. The Morgan fingerprint density at radius 1 is 1.53 bits per heavy atom. The topological polar surface area (TPSA) is 62.3 Å². The lowest BCUT2D eigenvalue weighted by molar-refractivity contribution is 0.247. The van der Waals surface area contributed by atoms with Gasteiger partial charge < -0.3 is 5.32 Å². The van der Waals surface area contributed by atoms with E-state index in [0.717, 1.165) is 25.3 Å². The normalized spacial score (nSPS) is 21.5. The molecule has 106 valence electrons. The number of hydrogen-bond acceptors (Lipinski definition) is 4. The zero-order valence-electron chi connectivity index (χ0n) is 10.8. The van der Waals surface area contributed by atoms with E-state index in [1.165, 1.54) is 16.6 Å². The summed E-state index contributed by atoms with van der Waals surface area (Å²) in [6.07, 6.45) is 3.87. The fourth-order valence-electron chi connectivity index (χ4n) is 2.40. The highest BCUT2D eigenvalue weighted by atomic mass is 32.2. The fourth-order valence-corrected chi connectivity index (χ4v) is 4.07. The second-order valence-electron chi connectivity index (χ2n) is 4.61. The molecule has 1 atom stereocenters. The van der Waals surface area contributed by atoms with E-state index in [1.54, 1.807) is 7.05 Å². The van der Waals surface area contributed by atoms with Gasteiger partial charge in [0.2, 0.25) is 5.03 Å². The van der Waals surface area contributed by atoms with Crippen molar-refractivity contribution in [2.24, 2.45) is 0 Å². The Bertz CT molecular complexity index is 534. The maximum absolute atomic E-state index is 13.7. The molecule has 1 aliphatic heterocycles. The highest BCUT2D eigenvalue weighted by molar-refractivity contribution is 7.89. The summed E-state index contributed by atoms with van der Waals surface area (Å²) in [5, 5.41) is 2.51. The second-order valence-corrected chi connectivity index (χ2v) is 6.42. The van der Waals surface area contributed by atoms with Crippen molar-refractivity contribution in [2.45, 2.75) is 30.3 Å². The lowest BCUT2D eigenvalue weighted by Crippen LogP contribution is -2.48. The second kappa shape index (κ2) is 5.94. The van der Waals surface area contributed by atoms with Gasteiger partial charge in [0, 0.05) is 25.3 Å². The first-order valence-corrected chi connectivity index (χ1v) is 7.78. The molecule has 0 saturated carbocycles. The van der Waals surface area contributed by atoms with Crippen molar-refractivity contribution < 1.29 is 12.8 Å². The molecule has 7 heteroatoms. The first kappa shape index (κ1) is 14.4. The molecule has 0 radical (unpaired) electrons. The monoisotopic (exact) mass is 287 g/mol. The van der Waals surface area contributed by atoms with Crippen LogP contribution >= 0.6 is 0 Å². The molecule has 1 fully saturated rings. The van der Waals surface area contributed by atoms with E-state index in [9.17, 15) is 12.8 Å². The number of hydrogen-bond donors (Lipinski definition) is 1. The Morgan fingerprint density at radius 2 is 2.32 bits per heavy atom. The molecule has 1 aromatic rings. The van der Waals surface area contributed by atoms with Crippen LogP contribution in [0.15, 0.2) is 23.4 Å². The largest absolute Gasteiger partial charge is 0.318 e. The third kappa shape index (κ3) is 2.93. The van der Waals surface area contributed by atoms with Crippen molar-refractivity contribution in [3.63, 3.8) is 0 Å². The molecule has 0 aliphatic carbocycles. The summed E-state index contributed by atoms with van der Waals surface area (Å²) in [7, 11) is -2.08. The van der Waals surface area contributed by atoms with Gasteiger partial charge in [-0.2, -0.15) is 4.31 Å². The minimum absolute atomic E-state index is 0.134. The average molecular weight is 287 g/mol. The SMILES string of the molecule is CNCC1CCCCN1S(=O)(=O)c1ncccc1F. The van der Waals surface area contributed by atoms with E-state index in [4.69, 9.17) is 0 Å². The predicted octanol–water partition coefficient (Wildman–Crippen LogP) is 0.983. The van der Waals surface area contributed by atoms with Crippen molar-refractivity contribution in [1.82, 2.24) is 14.6 Å². The molecule has 1 unspecified atom stereocenters. The van der Waals surface area contributed by atoms with Crippen LogP contribution in [0.1, 0.15) is 19.3 Å². The summed E-state index contributed by atoms with van der Waals surface area (Å²) in [6, 6.07) is 2.37. The third-order valence-corrected chi connectivity index (χ3v) is 5.18. The van der Waals surface area contributed by atoms with Gasteiger partial charge in [-0.1, -0.05) is 6.42 Å². The van der Waals surface area contributed by atoms with E-state index in [2.05, 4.69) is 10.3 Å². The Kier molecular flexibility index (Phi) is 4.49. The first-order chi connectivity index (χ1) is 9.07. The van der Waals surface area contributed by atoms with Crippen LogP contribution < -0.4 is 5.32 Å². The number of nitrogens with one attached hydrogen (secondary N) is 1. The highest BCUT2D eigenvalue weighted by Gasteiger charge is 2.35. The third-order valence-electron chi connectivity index (χ3n) is 3.29. The smallest absolute Gasteiger partial charge is 0.263 e. The molecule has 2 rings (SSSR count). The molecule has 0 spiro atoms. The van der Waals surface area contributed by atoms with Crippen LogP contribution in [0.4, 0.5) is 4.39 Å². The Morgan fingerprint density at radius 3 is 3.00 bits per heavy atom. The number of nitrogens with zero attached hydrogens (tertiary/aromatic N) is 2. The quantitative estimate of drug-likeness (QED) is 0.897. The van der Waals surface area contributed by atoms with Gasteiger partial charge in [-0.15, -0.1) is 0 Å². The Hall–Kier alpha value is -1.05. The summed E-state index contributed by atoms with van der Waals surface area (Å²) in [5.74, 6) is -0.795. The average Bonchev–Trinajstić information content (AvgIpc) is 2.40. The van der Waals surface area contributed by atoms with Crippen molar-refractivity contribution in [3.05, 3.63) is 24.1 Å². The van der Waals surface area contributed by atoms with Crippen LogP contribution in [0, 0.1) is 5.82 Å². The molecular weight excluding hydrogens is 269 g/mol. The van der Waals surface area contributed by atoms with Gasteiger partial charge in [0.15, 0.2) is 5.82 Å². The highest BCUT2D eigenvalue weighted by Crippen LogP contribution is 2.25. The van der Waals surface area contributed by atoms with E-state index >= 15 is 0 Å². The van der Waals surface area contributed by atoms with Gasteiger partial charge in [0.1, 0.15) is 0 Å². The van der Waals surface area contributed by atoms with Gasteiger partial charge >= 0.3 is 0 Å². The molecule has 1 saturated heterocycles. The number of likely N-dealkylation sites (N-methyl/N-ethyl adjacent to an activating group) is 1. The maximum Gasteiger partial charge on any atom is 0.263 e. The number of rotatable bonds is 4. The zero-order chi connectivity index (χ0) is 13.9. The van der Waals surface area contributed by atoms with Gasteiger partial charge in [0.25, 0.3) is 10.0 Å². The standard InChI is InChI=1S/C12H18FN3O2S/c1-14-9-10-5-2-3-8-16(10)19(17,18)12-11(13)6-4-7-15-12/h4,6-7,10,14H,2-3,5,8-9H2,1H3. The van der Waals surface area contributed by atoms with Gasteiger partial charge in [-0.05, 0) is 32.0 Å². The van der Waals surface area contributed by atoms with Crippen LogP contribution in [0.25, 0.3) is 0 Å². The lowest BCUT2D eigenvalue weighted by atomic mass is 10.1. The first-order valence-electron chi connectivity index (χ1n) is 6.34. The molecule has 1 N–H and O–H groups in total. The van der Waals surface area contributed by atoms with Gasteiger partial charge in [0.05, 0.1) is 0 Å².